The smallest absolute Gasteiger partial charge is 0.255 e. The molecule has 1 N–H and O–H groups in total. The van der Waals surface area contributed by atoms with Gasteiger partial charge in [-0.05, 0) is 62.6 Å². The average molecular weight is 365 g/mol. The van der Waals surface area contributed by atoms with E-state index in [9.17, 15) is 4.79 Å². The van der Waals surface area contributed by atoms with Gasteiger partial charge in [0.05, 0.1) is 11.8 Å². The van der Waals surface area contributed by atoms with Crippen LogP contribution in [0.5, 0.6) is 0 Å². The third kappa shape index (κ3) is 2.91. The molecule has 2 saturated heterocycles. The fourth-order valence-corrected chi connectivity index (χ4v) is 5.17. The molecule has 0 saturated carbocycles. The van der Waals surface area contributed by atoms with Crippen molar-refractivity contribution < 1.29 is 4.79 Å². The molecule has 6 heteroatoms. The Hall–Kier alpha value is -2.37. The number of hydrogen-bond acceptors (Lipinski definition) is 4. The zero-order valence-corrected chi connectivity index (χ0v) is 15.8. The summed E-state index contributed by atoms with van der Waals surface area (Å²) in [6.45, 7) is 3.76. The van der Waals surface area contributed by atoms with Crippen molar-refractivity contribution in [3.05, 3.63) is 41.3 Å². The van der Waals surface area contributed by atoms with Crippen LogP contribution in [0.25, 0.3) is 0 Å². The lowest BCUT2D eigenvalue weighted by Gasteiger charge is -2.41. The summed E-state index contributed by atoms with van der Waals surface area (Å²) in [5.74, 6) is 1.11. The Balaban J connectivity index is 1.32. The number of aryl methyl sites for hydroxylation is 1. The van der Waals surface area contributed by atoms with E-state index in [2.05, 4.69) is 20.1 Å². The van der Waals surface area contributed by atoms with E-state index >= 15 is 0 Å². The number of carbonyl (C=O) groups is 1. The molecule has 6 nitrogen and oxygen atoms in total. The maximum absolute atomic E-state index is 12.7. The number of H-pyrrole nitrogens is 1. The van der Waals surface area contributed by atoms with Crippen LogP contribution < -0.4 is 4.90 Å². The molecule has 1 spiro atoms. The second kappa shape index (κ2) is 6.66. The second-order valence-corrected chi connectivity index (χ2v) is 8.33. The fourth-order valence-electron chi connectivity index (χ4n) is 5.17. The first kappa shape index (κ1) is 16.8. The summed E-state index contributed by atoms with van der Waals surface area (Å²) in [7, 11) is 0. The van der Waals surface area contributed by atoms with Gasteiger partial charge in [-0.25, -0.2) is 4.98 Å². The van der Waals surface area contributed by atoms with E-state index in [0.717, 1.165) is 57.7 Å². The van der Waals surface area contributed by atoms with Crippen LogP contribution in [0.2, 0.25) is 0 Å². The summed E-state index contributed by atoms with van der Waals surface area (Å²) in [6.07, 6.45) is 11.9. The van der Waals surface area contributed by atoms with Gasteiger partial charge in [0.15, 0.2) is 0 Å². The number of pyridine rings is 1. The van der Waals surface area contributed by atoms with Crippen LogP contribution in [0, 0.1) is 0 Å². The van der Waals surface area contributed by atoms with Crippen LogP contribution in [0.3, 0.4) is 0 Å². The highest BCUT2D eigenvalue weighted by molar-refractivity contribution is 5.94. The van der Waals surface area contributed by atoms with Gasteiger partial charge in [-0.3, -0.25) is 9.89 Å². The zero-order chi connectivity index (χ0) is 18.3. The Morgan fingerprint density at radius 3 is 2.74 bits per heavy atom. The minimum atomic E-state index is 0.127. The predicted octanol–water partition coefficient (Wildman–Crippen LogP) is 2.92. The van der Waals surface area contributed by atoms with Crippen molar-refractivity contribution in [3.8, 4) is 0 Å². The van der Waals surface area contributed by atoms with Crippen molar-refractivity contribution in [1.82, 2.24) is 20.1 Å². The van der Waals surface area contributed by atoms with Crippen LogP contribution in [-0.2, 0) is 11.8 Å². The van der Waals surface area contributed by atoms with Gasteiger partial charge in [0.1, 0.15) is 5.82 Å². The van der Waals surface area contributed by atoms with Gasteiger partial charge in [0.25, 0.3) is 5.91 Å². The average Bonchev–Trinajstić information content (AvgIpc) is 3.33. The fraction of sp³-hybridized carbons (Fsp3) is 0.571. The molecule has 0 bridgehead atoms. The Morgan fingerprint density at radius 1 is 1.04 bits per heavy atom. The normalized spacial score (nSPS) is 25.0. The lowest BCUT2D eigenvalue weighted by molar-refractivity contribution is 0.0724. The summed E-state index contributed by atoms with van der Waals surface area (Å²) in [5.41, 5.74) is 3.62. The Morgan fingerprint density at radius 2 is 1.93 bits per heavy atom. The highest BCUT2D eigenvalue weighted by atomic mass is 16.2. The molecule has 2 aromatic heterocycles. The molecular weight excluding hydrogens is 338 g/mol. The number of rotatable bonds is 2. The van der Waals surface area contributed by atoms with Crippen molar-refractivity contribution in [2.45, 2.75) is 50.4 Å². The van der Waals surface area contributed by atoms with E-state index in [1.165, 1.54) is 30.5 Å². The van der Waals surface area contributed by atoms with E-state index in [-0.39, 0.29) is 11.3 Å². The number of fused-ring (bicyclic) bond motifs is 2. The van der Waals surface area contributed by atoms with Gasteiger partial charge in [0, 0.05) is 43.5 Å². The number of likely N-dealkylation sites (tertiary alicyclic amines) is 1. The highest BCUT2D eigenvalue weighted by Crippen LogP contribution is 2.44. The number of aromatic nitrogens is 3. The molecule has 2 aromatic rings. The van der Waals surface area contributed by atoms with Crippen molar-refractivity contribution in [2.75, 3.05) is 31.1 Å². The number of aromatic amines is 1. The SMILES string of the molecule is O=C(c1ccc(N2CCCC3(CCc4cn[nH]c43)C2)nc1)N1CCCCC1. The van der Waals surface area contributed by atoms with Gasteiger partial charge in [0.2, 0.25) is 0 Å². The summed E-state index contributed by atoms with van der Waals surface area (Å²) in [4.78, 5) is 21.7. The number of nitrogens with zero attached hydrogens (tertiary/aromatic N) is 4. The van der Waals surface area contributed by atoms with E-state index < -0.39 is 0 Å². The third-order valence-electron chi connectivity index (χ3n) is 6.66. The molecule has 5 rings (SSSR count). The van der Waals surface area contributed by atoms with Gasteiger partial charge in [-0.1, -0.05) is 0 Å². The number of carbonyl (C=O) groups excluding carboxylic acids is 1. The van der Waals surface area contributed by atoms with Crippen molar-refractivity contribution in [2.24, 2.45) is 0 Å². The monoisotopic (exact) mass is 365 g/mol. The number of amides is 1. The van der Waals surface area contributed by atoms with E-state index in [0.29, 0.717) is 5.56 Å². The molecular formula is C21H27N5O. The number of anilines is 1. The summed E-state index contributed by atoms with van der Waals surface area (Å²) in [6, 6.07) is 3.98. The highest BCUT2D eigenvalue weighted by Gasteiger charge is 2.43. The van der Waals surface area contributed by atoms with E-state index in [4.69, 9.17) is 0 Å². The largest absolute Gasteiger partial charge is 0.356 e. The Labute approximate surface area is 160 Å². The van der Waals surface area contributed by atoms with Crippen molar-refractivity contribution in [3.63, 3.8) is 0 Å². The molecule has 4 heterocycles. The molecule has 1 unspecified atom stereocenters. The molecule has 0 radical (unpaired) electrons. The quantitative estimate of drug-likeness (QED) is 0.889. The molecule has 0 aromatic carbocycles. The Kier molecular flexibility index (Phi) is 4.14. The first-order valence-electron chi connectivity index (χ1n) is 10.3. The predicted molar refractivity (Wildman–Crippen MR) is 104 cm³/mol. The standard InChI is InChI=1S/C21H27N5O/c27-20(25-10-2-1-3-11-25)17-5-6-18(22-13-17)26-12-4-8-21(15-26)9-7-16-14-23-24-19(16)21/h5-6,13-14H,1-4,7-12,15H2,(H,23,24). The third-order valence-corrected chi connectivity index (χ3v) is 6.66. The van der Waals surface area contributed by atoms with E-state index in [1.807, 2.05) is 23.2 Å². The Bertz CT molecular complexity index is 823. The lowest BCUT2D eigenvalue weighted by atomic mass is 9.77. The number of nitrogens with one attached hydrogen (secondary N) is 1. The summed E-state index contributed by atoms with van der Waals surface area (Å²) in [5, 5.41) is 7.53. The summed E-state index contributed by atoms with van der Waals surface area (Å²) < 4.78 is 0. The number of hydrogen-bond donors (Lipinski definition) is 1. The van der Waals surface area contributed by atoms with Crippen molar-refractivity contribution >= 4 is 11.7 Å². The topological polar surface area (TPSA) is 65.1 Å². The zero-order valence-electron chi connectivity index (χ0n) is 15.8. The van der Waals surface area contributed by atoms with Gasteiger partial charge < -0.3 is 9.80 Å². The molecule has 1 amide bonds. The summed E-state index contributed by atoms with van der Waals surface area (Å²) >= 11 is 0. The molecule has 142 valence electrons. The van der Waals surface area contributed by atoms with Crippen LogP contribution in [0.1, 0.15) is 60.1 Å². The van der Waals surface area contributed by atoms with Crippen LogP contribution in [0.15, 0.2) is 24.5 Å². The first-order valence-corrected chi connectivity index (χ1v) is 10.3. The lowest BCUT2D eigenvalue weighted by Crippen LogP contribution is -2.45. The number of piperidine rings is 2. The molecule has 2 fully saturated rings. The van der Waals surface area contributed by atoms with Crippen LogP contribution in [-0.4, -0.2) is 52.2 Å². The van der Waals surface area contributed by atoms with Gasteiger partial charge in [-0.2, -0.15) is 5.10 Å². The minimum absolute atomic E-state index is 0.127. The molecule has 1 atom stereocenters. The van der Waals surface area contributed by atoms with Crippen molar-refractivity contribution in [1.29, 1.82) is 0 Å². The first-order chi connectivity index (χ1) is 13.3. The maximum Gasteiger partial charge on any atom is 0.255 e. The molecule has 27 heavy (non-hydrogen) atoms. The maximum atomic E-state index is 12.7. The molecule has 2 aliphatic heterocycles. The van der Waals surface area contributed by atoms with Crippen LogP contribution in [0.4, 0.5) is 5.82 Å². The van der Waals surface area contributed by atoms with Gasteiger partial charge in [-0.15, -0.1) is 0 Å². The molecule has 1 aliphatic carbocycles. The van der Waals surface area contributed by atoms with E-state index in [1.54, 1.807) is 6.20 Å². The van der Waals surface area contributed by atoms with Gasteiger partial charge >= 0.3 is 0 Å². The minimum Gasteiger partial charge on any atom is -0.356 e. The second-order valence-electron chi connectivity index (χ2n) is 8.33. The molecule has 3 aliphatic rings. The van der Waals surface area contributed by atoms with Crippen LogP contribution >= 0.6 is 0 Å².